The van der Waals surface area contributed by atoms with E-state index in [4.69, 9.17) is 0 Å². The normalized spacial score (nSPS) is 19.9. The highest BCUT2D eigenvalue weighted by Gasteiger charge is 2.23. The van der Waals surface area contributed by atoms with Gasteiger partial charge in [0, 0.05) is 42.4 Å². The number of anilines is 1. The molecule has 2 N–H and O–H groups in total. The molecule has 1 unspecified atom stereocenters. The van der Waals surface area contributed by atoms with Gasteiger partial charge in [-0.2, -0.15) is 0 Å². The lowest BCUT2D eigenvalue weighted by atomic mass is 10.1. The van der Waals surface area contributed by atoms with Crippen molar-refractivity contribution in [1.82, 2.24) is 9.88 Å². The average Bonchev–Trinajstić information content (AvgIpc) is 2.88. The van der Waals surface area contributed by atoms with E-state index >= 15 is 0 Å². The fourth-order valence-corrected chi connectivity index (χ4v) is 2.89. The highest BCUT2D eigenvalue weighted by Crippen LogP contribution is 2.20. The molecule has 1 aromatic heterocycles. The summed E-state index contributed by atoms with van der Waals surface area (Å²) < 4.78 is 0. The highest BCUT2D eigenvalue weighted by atomic mass is 16.1. The zero-order valence-corrected chi connectivity index (χ0v) is 12.0. The van der Waals surface area contributed by atoms with Crippen molar-refractivity contribution in [2.24, 2.45) is 0 Å². The summed E-state index contributed by atoms with van der Waals surface area (Å²) in [6, 6.07) is 9.00. The van der Waals surface area contributed by atoms with Crippen molar-refractivity contribution in [1.29, 1.82) is 0 Å². The number of rotatable bonds is 3. The monoisotopic (exact) mass is 271 g/mol. The van der Waals surface area contributed by atoms with Crippen molar-refractivity contribution in [3.63, 3.8) is 0 Å². The predicted molar refractivity (Wildman–Crippen MR) is 83.3 cm³/mol. The summed E-state index contributed by atoms with van der Waals surface area (Å²) in [5, 5.41) is 5.31. The van der Waals surface area contributed by atoms with Crippen LogP contribution in [0.2, 0.25) is 0 Å². The van der Waals surface area contributed by atoms with E-state index in [-0.39, 0.29) is 5.56 Å². The van der Waals surface area contributed by atoms with Gasteiger partial charge < -0.3 is 10.3 Å². The van der Waals surface area contributed by atoms with Crippen LogP contribution in [0.5, 0.6) is 0 Å². The Labute approximate surface area is 118 Å². The van der Waals surface area contributed by atoms with Gasteiger partial charge in [-0.25, -0.2) is 0 Å². The molecular weight excluding hydrogens is 250 g/mol. The van der Waals surface area contributed by atoms with Crippen LogP contribution in [0.25, 0.3) is 10.8 Å². The molecule has 0 bridgehead atoms. The Kier molecular flexibility index (Phi) is 3.49. The van der Waals surface area contributed by atoms with Gasteiger partial charge in [0.05, 0.1) is 0 Å². The molecule has 1 aliphatic rings. The maximum atomic E-state index is 11.7. The van der Waals surface area contributed by atoms with Gasteiger partial charge in [0.25, 0.3) is 5.56 Å². The summed E-state index contributed by atoms with van der Waals surface area (Å²) in [4.78, 5) is 16.9. The summed E-state index contributed by atoms with van der Waals surface area (Å²) in [5.74, 6) is 0. The first kappa shape index (κ1) is 13.2. The topological polar surface area (TPSA) is 48.1 Å². The molecule has 0 saturated carbocycles. The molecule has 106 valence electrons. The van der Waals surface area contributed by atoms with Crippen LogP contribution < -0.4 is 10.9 Å². The molecule has 0 amide bonds. The van der Waals surface area contributed by atoms with Gasteiger partial charge in [-0.05, 0) is 49.9 Å². The van der Waals surface area contributed by atoms with Gasteiger partial charge in [-0.15, -0.1) is 0 Å². The number of pyridine rings is 1. The first-order valence-electron chi connectivity index (χ1n) is 7.25. The molecule has 0 radical (unpaired) electrons. The van der Waals surface area contributed by atoms with Gasteiger partial charge in [-0.3, -0.25) is 9.69 Å². The second-order valence-corrected chi connectivity index (χ2v) is 5.83. The van der Waals surface area contributed by atoms with E-state index in [2.05, 4.69) is 35.1 Å². The van der Waals surface area contributed by atoms with Gasteiger partial charge in [0.1, 0.15) is 0 Å². The second-order valence-electron chi connectivity index (χ2n) is 5.83. The van der Waals surface area contributed by atoms with Gasteiger partial charge >= 0.3 is 0 Å². The molecule has 3 rings (SSSR count). The molecule has 2 aromatic rings. The Morgan fingerprint density at radius 1 is 1.35 bits per heavy atom. The zero-order valence-electron chi connectivity index (χ0n) is 12.0. The molecule has 1 fully saturated rings. The third-order valence-electron chi connectivity index (χ3n) is 4.09. The SMILES string of the molecule is CC(C)N1CCC(Nc2ccc3c(=O)[nH]ccc3c2)C1. The molecule has 1 saturated heterocycles. The summed E-state index contributed by atoms with van der Waals surface area (Å²) in [6.45, 7) is 6.73. The summed E-state index contributed by atoms with van der Waals surface area (Å²) >= 11 is 0. The molecule has 1 aromatic carbocycles. The van der Waals surface area contributed by atoms with Crippen molar-refractivity contribution in [3.05, 3.63) is 40.8 Å². The largest absolute Gasteiger partial charge is 0.381 e. The number of nitrogens with zero attached hydrogens (tertiary/aromatic N) is 1. The average molecular weight is 271 g/mol. The molecule has 0 aliphatic carbocycles. The van der Waals surface area contributed by atoms with Crippen LogP contribution in [0.15, 0.2) is 35.3 Å². The van der Waals surface area contributed by atoms with E-state index < -0.39 is 0 Å². The lowest BCUT2D eigenvalue weighted by Gasteiger charge is -2.21. The van der Waals surface area contributed by atoms with Crippen LogP contribution >= 0.6 is 0 Å². The summed E-state index contributed by atoms with van der Waals surface area (Å²) in [5.41, 5.74) is 1.07. The first-order chi connectivity index (χ1) is 9.63. The van der Waals surface area contributed by atoms with Crippen LogP contribution in [0.4, 0.5) is 5.69 Å². The van der Waals surface area contributed by atoms with E-state index in [1.165, 1.54) is 6.42 Å². The Morgan fingerprint density at radius 3 is 2.95 bits per heavy atom. The second kappa shape index (κ2) is 5.29. The molecule has 20 heavy (non-hydrogen) atoms. The predicted octanol–water partition coefficient (Wildman–Crippen LogP) is 2.42. The van der Waals surface area contributed by atoms with Crippen LogP contribution in [-0.4, -0.2) is 35.1 Å². The highest BCUT2D eigenvalue weighted by molar-refractivity contribution is 5.84. The maximum absolute atomic E-state index is 11.7. The van der Waals surface area contributed by atoms with Crippen LogP contribution in [0, 0.1) is 0 Å². The fraction of sp³-hybridized carbons (Fsp3) is 0.438. The van der Waals surface area contributed by atoms with Crippen molar-refractivity contribution in [2.75, 3.05) is 18.4 Å². The number of likely N-dealkylation sites (tertiary alicyclic amines) is 1. The lowest BCUT2D eigenvalue weighted by molar-refractivity contribution is 0.274. The smallest absolute Gasteiger partial charge is 0.255 e. The lowest BCUT2D eigenvalue weighted by Crippen LogP contribution is -2.31. The van der Waals surface area contributed by atoms with E-state index in [1.807, 2.05) is 18.2 Å². The molecule has 1 aliphatic heterocycles. The minimum absolute atomic E-state index is 0.0269. The molecule has 1 atom stereocenters. The fourth-order valence-electron chi connectivity index (χ4n) is 2.89. The van der Waals surface area contributed by atoms with E-state index in [1.54, 1.807) is 6.20 Å². The third-order valence-corrected chi connectivity index (χ3v) is 4.09. The number of hydrogen-bond acceptors (Lipinski definition) is 3. The Balaban J connectivity index is 1.77. The Bertz CT molecular complexity index is 662. The molecule has 4 nitrogen and oxygen atoms in total. The summed E-state index contributed by atoms with van der Waals surface area (Å²) in [7, 11) is 0. The number of benzene rings is 1. The van der Waals surface area contributed by atoms with Crippen molar-refractivity contribution in [3.8, 4) is 0 Å². The quantitative estimate of drug-likeness (QED) is 0.901. The molecule has 4 heteroatoms. The van der Waals surface area contributed by atoms with Crippen molar-refractivity contribution >= 4 is 16.5 Å². The van der Waals surface area contributed by atoms with Crippen LogP contribution in [0.3, 0.4) is 0 Å². The van der Waals surface area contributed by atoms with E-state index in [0.29, 0.717) is 12.1 Å². The first-order valence-corrected chi connectivity index (χ1v) is 7.25. The number of fused-ring (bicyclic) bond motifs is 1. The van der Waals surface area contributed by atoms with Gasteiger partial charge in [-0.1, -0.05) is 0 Å². The van der Waals surface area contributed by atoms with Crippen LogP contribution in [0.1, 0.15) is 20.3 Å². The van der Waals surface area contributed by atoms with E-state index in [9.17, 15) is 4.79 Å². The van der Waals surface area contributed by atoms with Crippen molar-refractivity contribution in [2.45, 2.75) is 32.4 Å². The number of nitrogens with one attached hydrogen (secondary N) is 2. The summed E-state index contributed by atoms with van der Waals surface area (Å²) in [6.07, 6.45) is 2.87. The van der Waals surface area contributed by atoms with Crippen molar-refractivity contribution < 1.29 is 0 Å². The number of hydrogen-bond donors (Lipinski definition) is 2. The Morgan fingerprint density at radius 2 is 2.20 bits per heavy atom. The maximum Gasteiger partial charge on any atom is 0.255 e. The third kappa shape index (κ3) is 2.56. The number of aromatic nitrogens is 1. The Hall–Kier alpha value is -1.81. The standard InChI is InChI=1S/C16H21N3O/c1-11(2)19-8-6-14(10-19)18-13-3-4-15-12(9-13)5-7-17-16(15)20/h3-5,7,9,11,14,18H,6,8,10H2,1-2H3,(H,17,20). The molecular formula is C16H21N3O. The minimum Gasteiger partial charge on any atom is -0.381 e. The van der Waals surface area contributed by atoms with Crippen LogP contribution in [-0.2, 0) is 0 Å². The van der Waals surface area contributed by atoms with Gasteiger partial charge in [0.2, 0.25) is 0 Å². The van der Waals surface area contributed by atoms with E-state index in [0.717, 1.165) is 29.5 Å². The molecule has 2 heterocycles. The minimum atomic E-state index is -0.0269. The number of H-pyrrole nitrogens is 1. The van der Waals surface area contributed by atoms with Gasteiger partial charge in [0.15, 0.2) is 0 Å². The zero-order chi connectivity index (χ0) is 14.1. The molecule has 0 spiro atoms. The number of aromatic amines is 1.